The Morgan fingerprint density at radius 3 is 2.72 bits per heavy atom. The van der Waals surface area contributed by atoms with Gasteiger partial charge in [0.05, 0.1) is 7.11 Å². The Kier molecular flexibility index (Phi) is 5.48. The molecule has 0 radical (unpaired) electrons. The predicted octanol–water partition coefficient (Wildman–Crippen LogP) is 4.10. The summed E-state index contributed by atoms with van der Waals surface area (Å²) in [6.45, 7) is 0. The summed E-state index contributed by atoms with van der Waals surface area (Å²) in [6, 6.07) is 20.9. The predicted molar refractivity (Wildman–Crippen MR) is 117 cm³/mol. The van der Waals surface area contributed by atoms with E-state index in [0.717, 1.165) is 16.5 Å². The van der Waals surface area contributed by atoms with Crippen LogP contribution >= 0.6 is 11.8 Å². The number of nitrogens with one attached hydrogen (secondary N) is 2. The number of methoxy groups -OCH3 is 1. The molecule has 0 aliphatic carbocycles. The van der Waals surface area contributed by atoms with Crippen molar-refractivity contribution in [1.82, 2.24) is 5.32 Å². The van der Waals surface area contributed by atoms with Crippen LogP contribution in [0.4, 0.5) is 11.4 Å². The van der Waals surface area contributed by atoms with E-state index in [1.165, 1.54) is 11.8 Å². The first kappa shape index (κ1) is 19.0. The van der Waals surface area contributed by atoms with E-state index in [2.05, 4.69) is 15.6 Å². The van der Waals surface area contributed by atoms with Crippen molar-refractivity contribution in [3.05, 3.63) is 66.7 Å². The Bertz CT molecular complexity index is 1110. The number of nitrogens with zero attached hydrogens (tertiary/aromatic N) is 1. The first-order chi connectivity index (χ1) is 14.1. The van der Waals surface area contributed by atoms with Crippen LogP contribution in [0.3, 0.4) is 0 Å². The summed E-state index contributed by atoms with van der Waals surface area (Å²) in [4.78, 5) is 29.3. The average molecular weight is 405 g/mol. The van der Waals surface area contributed by atoms with Crippen LogP contribution < -0.4 is 15.4 Å². The monoisotopic (exact) mass is 405 g/mol. The normalized spacial score (nSPS) is 17.3. The number of amides is 2. The van der Waals surface area contributed by atoms with Gasteiger partial charge in [-0.25, -0.2) is 4.99 Å². The van der Waals surface area contributed by atoms with E-state index in [0.29, 0.717) is 16.6 Å². The van der Waals surface area contributed by atoms with Crippen molar-refractivity contribution < 1.29 is 14.3 Å². The fourth-order valence-corrected chi connectivity index (χ4v) is 4.11. The van der Waals surface area contributed by atoms with Crippen molar-refractivity contribution in [3.8, 4) is 5.75 Å². The van der Waals surface area contributed by atoms with Crippen molar-refractivity contribution in [2.45, 2.75) is 11.7 Å². The zero-order valence-corrected chi connectivity index (χ0v) is 16.5. The molecule has 2 amide bonds. The lowest BCUT2D eigenvalue weighted by atomic mass is 10.1. The SMILES string of the molecule is COc1ccccc1N=C1NC(=O)[C@H](CC(=O)Nc2cccc3ccccc23)S1. The minimum absolute atomic E-state index is 0.0602. The fraction of sp³-hybridized carbons (Fsp3) is 0.136. The Labute approximate surface area is 172 Å². The molecular formula is C22H19N3O3S. The maximum absolute atomic E-state index is 12.6. The molecule has 4 rings (SSSR count). The maximum atomic E-state index is 12.6. The lowest BCUT2D eigenvalue weighted by Crippen LogP contribution is -2.28. The second kappa shape index (κ2) is 8.36. The number of thioether (sulfide) groups is 1. The smallest absolute Gasteiger partial charge is 0.240 e. The molecular weight excluding hydrogens is 386 g/mol. The van der Waals surface area contributed by atoms with E-state index in [1.807, 2.05) is 54.6 Å². The van der Waals surface area contributed by atoms with Crippen LogP contribution in [0.15, 0.2) is 71.7 Å². The average Bonchev–Trinajstić information content (AvgIpc) is 3.07. The second-order valence-electron chi connectivity index (χ2n) is 6.46. The van der Waals surface area contributed by atoms with Gasteiger partial charge in [0.15, 0.2) is 5.17 Å². The summed E-state index contributed by atoms with van der Waals surface area (Å²) in [5.41, 5.74) is 1.36. The molecule has 7 heteroatoms. The highest BCUT2D eigenvalue weighted by molar-refractivity contribution is 8.15. The summed E-state index contributed by atoms with van der Waals surface area (Å²) in [5.74, 6) is 0.177. The molecule has 2 N–H and O–H groups in total. The standard InChI is InChI=1S/C22H19N3O3S/c1-28-18-12-5-4-10-17(18)24-22-25-21(27)19(29-22)13-20(26)23-16-11-6-8-14-7-2-3-9-15(14)16/h2-12,19H,13H2,1H3,(H,23,26)(H,24,25,27)/t19-/m0/s1. The molecule has 3 aromatic carbocycles. The van der Waals surface area contributed by atoms with Crippen molar-refractivity contribution >= 4 is 50.9 Å². The number of ether oxygens (including phenoxy) is 1. The van der Waals surface area contributed by atoms with Gasteiger partial charge in [-0.3, -0.25) is 9.59 Å². The first-order valence-electron chi connectivity index (χ1n) is 9.11. The van der Waals surface area contributed by atoms with Gasteiger partial charge in [-0.1, -0.05) is 60.3 Å². The number of para-hydroxylation sites is 2. The number of hydrogen-bond acceptors (Lipinski definition) is 5. The molecule has 0 unspecified atom stereocenters. The number of benzene rings is 3. The zero-order chi connectivity index (χ0) is 20.2. The van der Waals surface area contributed by atoms with Crippen LogP contribution in [0.2, 0.25) is 0 Å². The van der Waals surface area contributed by atoms with Gasteiger partial charge in [-0.05, 0) is 23.6 Å². The van der Waals surface area contributed by atoms with Gasteiger partial charge in [-0.15, -0.1) is 0 Å². The van der Waals surface area contributed by atoms with Crippen molar-refractivity contribution in [1.29, 1.82) is 0 Å². The lowest BCUT2D eigenvalue weighted by molar-refractivity contribution is -0.122. The Morgan fingerprint density at radius 2 is 1.86 bits per heavy atom. The molecule has 0 aromatic heterocycles. The fourth-order valence-electron chi connectivity index (χ4n) is 3.13. The Balaban J connectivity index is 1.45. The molecule has 1 heterocycles. The van der Waals surface area contributed by atoms with Gasteiger partial charge >= 0.3 is 0 Å². The van der Waals surface area contributed by atoms with Gasteiger partial charge in [-0.2, -0.15) is 0 Å². The third kappa shape index (κ3) is 4.25. The van der Waals surface area contributed by atoms with Crippen LogP contribution in [0.1, 0.15) is 6.42 Å². The Morgan fingerprint density at radius 1 is 1.10 bits per heavy atom. The molecule has 0 bridgehead atoms. The molecule has 1 atom stereocenters. The van der Waals surface area contributed by atoms with E-state index in [9.17, 15) is 9.59 Å². The van der Waals surface area contributed by atoms with Gasteiger partial charge in [0.1, 0.15) is 16.7 Å². The number of carbonyl (C=O) groups excluding carboxylic acids is 2. The Hall–Kier alpha value is -3.32. The molecule has 1 fully saturated rings. The minimum atomic E-state index is -0.529. The lowest BCUT2D eigenvalue weighted by Gasteiger charge is -2.10. The van der Waals surface area contributed by atoms with Crippen LogP contribution in [0, 0.1) is 0 Å². The van der Waals surface area contributed by atoms with E-state index in [-0.39, 0.29) is 18.2 Å². The minimum Gasteiger partial charge on any atom is -0.494 e. The van der Waals surface area contributed by atoms with E-state index >= 15 is 0 Å². The first-order valence-corrected chi connectivity index (χ1v) is 9.99. The number of hydrogen-bond donors (Lipinski definition) is 2. The summed E-state index contributed by atoms with van der Waals surface area (Å²) in [6.07, 6.45) is 0.0602. The van der Waals surface area contributed by atoms with E-state index < -0.39 is 5.25 Å². The number of fused-ring (bicyclic) bond motifs is 1. The molecule has 1 saturated heterocycles. The maximum Gasteiger partial charge on any atom is 0.240 e. The largest absolute Gasteiger partial charge is 0.494 e. The van der Waals surface area contributed by atoms with Crippen LogP contribution in [0.25, 0.3) is 10.8 Å². The topological polar surface area (TPSA) is 79.8 Å². The molecule has 29 heavy (non-hydrogen) atoms. The van der Waals surface area contributed by atoms with Gasteiger partial charge in [0, 0.05) is 17.5 Å². The molecule has 1 aliphatic heterocycles. The van der Waals surface area contributed by atoms with Gasteiger partial charge < -0.3 is 15.4 Å². The molecule has 0 spiro atoms. The number of aliphatic imine (C=N–C) groups is 1. The molecule has 3 aromatic rings. The molecule has 0 saturated carbocycles. The van der Waals surface area contributed by atoms with Crippen molar-refractivity contribution in [3.63, 3.8) is 0 Å². The van der Waals surface area contributed by atoms with E-state index in [4.69, 9.17) is 4.74 Å². The third-order valence-electron chi connectivity index (χ3n) is 4.52. The van der Waals surface area contributed by atoms with Crippen LogP contribution in [0.5, 0.6) is 5.75 Å². The highest BCUT2D eigenvalue weighted by atomic mass is 32.2. The van der Waals surface area contributed by atoms with Gasteiger partial charge in [0.2, 0.25) is 11.8 Å². The highest BCUT2D eigenvalue weighted by Crippen LogP contribution is 2.31. The highest BCUT2D eigenvalue weighted by Gasteiger charge is 2.32. The summed E-state index contributed by atoms with van der Waals surface area (Å²) in [7, 11) is 1.57. The molecule has 6 nitrogen and oxygen atoms in total. The summed E-state index contributed by atoms with van der Waals surface area (Å²) in [5, 5.41) is 7.60. The summed E-state index contributed by atoms with van der Waals surface area (Å²) >= 11 is 1.25. The quantitative estimate of drug-likeness (QED) is 0.670. The third-order valence-corrected chi connectivity index (χ3v) is 5.60. The number of rotatable bonds is 5. The zero-order valence-electron chi connectivity index (χ0n) is 15.7. The number of anilines is 1. The van der Waals surface area contributed by atoms with Crippen molar-refractivity contribution in [2.24, 2.45) is 4.99 Å². The summed E-state index contributed by atoms with van der Waals surface area (Å²) < 4.78 is 5.28. The van der Waals surface area contributed by atoms with Crippen LogP contribution in [-0.4, -0.2) is 29.3 Å². The number of amidine groups is 1. The molecule has 146 valence electrons. The van der Waals surface area contributed by atoms with Gasteiger partial charge in [0.25, 0.3) is 0 Å². The van der Waals surface area contributed by atoms with Crippen LogP contribution in [-0.2, 0) is 9.59 Å². The van der Waals surface area contributed by atoms with Crippen molar-refractivity contribution in [2.75, 3.05) is 12.4 Å². The number of carbonyl (C=O) groups is 2. The second-order valence-corrected chi connectivity index (χ2v) is 7.65. The molecule has 1 aliphatic rings. The van der Waals surface area contributed by atoms with E-state index in [1.54, 1.807) is 19.2 Å².